The molecule has 2 rings (SSSR count). The molecule has 7 heteroatoms. The molecule has 1 saturated heterocycles. The van der Waals surface area contributed by atoms with Crippen molar-refractivity contribution in [1.29, 1.82) is 0 Å². The summed E-state index contributed by atoms with van der Waals surface area (Å²) in [5.74, 6) is -0.223. The Hall–Kier alpha value is -1.50. The van der Waals surface area contributed by atoms with Crippen molar-refractivity contribution in [1.82, 2.24) is 5.32 Å². The molecule has 1 aromatic rings. The number of benzene rings is 1. The molecule has 1 fully saturated rings. The molecule has 2 unspecified atom stereocenters. The maximum absolute atomic E-state index is 11.6. The number of nitrogen functional groups attached to an aromatic ring is 1. The Bertz CT molecular complexity index is 551. The number of hydrogen-bond acceptors (Lipinski definition) is 5. The van der Waals surface area contributed by atoms with E-state index in [-0.39, 0.29) is 17.6 Å². The third kappa shape index (κ3) is 2.92. The van der Waals surface area contributed by atoms with Crippen molar-refractivity contribution in [2.24, 2.45) is 5.73 Å². The number of carbonyl (C=O) groups excluding carboxylic acids is 1. The molecule has 0 aromatic heterocycles. The summed E-state index contributed by atoms with van der Waals surface area (Å²) >= 11 is 6.16. The molecular formula is C14H20ClN3O3. The molecule has 5 N–H and O–H groups in total. The molecule has 6 nitrogen and oxygen atoms in total. The zero-order chi connectivity index (χ0) is 15.6. The monoisotopic (exact) mass is 313 g/mol. The van der Waals surface area contributed by atoms with Gasteiger partial charge in [-0.15, -0.1) is 0 Å². The highest BCUT2D eigenvalue weighted by molar-refractivity contribution is 6.33. The van der Waals surface area contributed by atoms with Crippen molar-refractivity contribution in [2.75, 3.05) is 33.0 Å². The number of methoxy groups -OCH3 is 2. The Morgan fingerprint density at radius 3 is 2.76 bits per heavy atom. The van der Waals surface area contributed by atoms with Crippen LogP contribution in [0.5, 0.6) is 5.75 Å². The molecule has 116 valence electrons. The number of primary amides is 1. The van der Waals surface area contributed by atoms with Crippen LogP contribution in [-0.2, 0) is 4.74 Å². The molecule has 2 atom stereocenters. The molecule has 1 heterocycles. The number of rotatable bonds is 4. The van der Waals surface area contributed by atoms with E-state index in [1.54, 1.807) is 7.11 Å². The van der Waals surface area contributed by atoms with Crippen molar-refractivity contribution < 1.29 is 14.3 Å². The minimum absolute atomic E-state index is 0.0111. The third-order valence-electron chi connectivity index (χ3n) is 3.88. The van der Waals surface area contributed by atoms with Crippen LogP contribution in [0.25, 0.3) is 0 Å². The maximum atomic E-state index is 11.6. The van der Waals surface area contributed by atoms with Gasteiger partial charge in [-0.25, -0.2) is 0 Å². The molecule has 1 aliphatic heterocycles. The Labute approximate surface area is 128 Å². The average Bonchev–Trinajstić information content (AvgIpc) is 2.49. The summed E-state index contributed by atoms with van der Waals surface area (Å²) in [6, 6.07) is 1.45. The van der Waals surface area contributed by atoms with Gasteiger partial charge in [0.05, 0.1) is 29.5 Å². The topological polar surface area (TPSA) is 99.6 Å². The van der Waals surface area contributed by atoms with Crippen molar-refractivity contribution in [3.63, 3.8) is 0 Å². The predicted octanol–water partition coefficient (Wildman–Crippen LogP) is 1.12. The first-order chi connectivity index (χ1) is 10.0. The number of halogens is 1. The van der Waals surface area contributed by atoms with E-state index in [1.165, 1.54) is 13.2 Å². The van der Waals surface area contributed by atoms with Crippen LogP contribution in [-0.4, -0.2) is 39.3 Å². The normalized spacial score (nSPS) is 22.0. The van der Waals surface area contributed by atoms with Gasteiger partial charge in [0.25, 0.3) is 5.91 Å². The van der Waals surface area contributed by atoms with Gasteiger partial charge in [-0.2, -0.15) is 0 Å². The maximum Gasteiger partial charge on any atom is 0.252 e. The fourth-order valence-corrected chi connectivity index (χ4v) is 3.06. The second-order valence-corrected chi connectivity index (χ2v) is 5.41. The lowest BCUT2D eigenvalue weighted by Crippen LogP contribution is -2.41. The summed E-state index contributed by atoms with van der Waals surface area (Å²) in [7, 11) is 3.13. The van der Waals surface area contributed by atoms with Crippen LogP contribution in [0, 0.1) is 0 Å². The lowest BCUT2D eigenvalue weighted by molar-refractivity contribution is 0.0619. The van der Waals surface area contributed by atoms with Gasteiger partial charge >= 0.3 is 0 Å². The number of hydrogen-bond donors (Lipinski definition) is 3. The van der Waals surface area contributed by atoms with Crippen molar-refractivity contribution >= 4 is 23.2 Å². The van der Waals surface area contributed by atoms with Gasteiger partial charge in [0.2, 0.25) is 0 Å². The highest BCUT2D eigenvalue weighted by atomic mass is 35.5. The van der Waals surface area contributed by atoms with E-state index in [0.29, 0.717) is 28.6 Å². The van der Waals surface area contributed by atoms with Crippen molar-refractivity contribution in [3.05, 3.63) is 22.2 Å². The first kappa shape index (κ1) is 15.9. The number of amides is 1. The number of piperidine rings is 1. The van der Waals surface area contributed by atoms with Gasteiger partial charge in [0, 0.05) is 25.1 Å². The van der Waals surface area contributed by atoms with Crippen LogP contribution < -0.4 is 21.5 Å². The Morgan fingerprint density at radius 1 is 1.48 bits per heavy atom. The molecule has 0 spiro atoms. The molecule has 1 aliphatic rings. The molecule has 1 aromatic carbocycles. The number of anilines is 1. The van der Waals surface area contributed by atoms with E-state index < -0.39 is 5.91 Å². The zero-order valence-electron chi connectivity index (χ0n) is 12.1. The summed E-state index contributed by atoms with van der Waals surface area (Å²) in [5, 5.41) is 3.56. The summed E-state index contributed by atoms with van der Waals surface area (Å²) in [5.41, 5.74) is 12.9. The van der Waals surface area contributed by atoms with E-state index in [2.05, 4.69) is 5.32 Å². The van der Waals surface area contributed by atoms with Gasteiger partial charge in [0.15, 0.2) is 0 Å². The lowest BCUT2D eigenvalue weighted by Gasteiger charge is -2.33. The molecule has 0 aliphatic carbocycles. The van der Waals surface area contributed by atoms with E-state index in [1.807, 2.05) is 0 Å². The fraction of sp³-hybridized carbons (Fsp3) is 0.500. The van der Waals surface area contributed by atoms with Crippen LogP contribution in [0.4, 0.5) is 5.69 Å². The standard InChI is InChI=1S/C14H20ClN3O3/c1-20-10-6-18-4-3-7(10)11-12(16)9(15)5-8(14(17)19)13(11)21-2/h5,7,10,18H,3-4,6,16H2,1-2H3,(H2,17,19). The molecule has 21 heavy (non-hydrogen) atoms. The minimum Gasteiger partial charge on any atom is -0.496 e. The largest absolute Gasteiger partial charge is 0.496 e. The Kier molecular flexibility index (Phi) is 4.92. The zero-order valence-corrected chi connectivity index (χ0v) is 12.9. The van der Waals surface area contributed by atoms with E-state index >= 15 is 0 Å². The predicted molar refractivity (Wildman–Crippen MR) is 82.0 cm³/mol. The third-order valence-corrected chi connectivity index (χ3v) is 4.19. The van der Waals surface area contributed by atoms with Gasteiger partial charge in [-0.3, -0.25) is 4.79 Å². The number of nitrogens with one attached hydrogen (secondary N) is 1. The molecule has 1 amide bonds. The fourth-order valence-electron chi connectivity index (χ4n) is 2.84. The second kappa shape index (κ2) is 6.51. The number of carbonyl (C=O) groups is 1. The first-order valence-electron chi connectivity index (χ1n) is 6.70. The van der Waals surface area contributed by atoms with Gasteiger partial charge in [0.1, 0.15) is 5.75 Å². The van der Waals surface area contributed by atoms with E-state index in [4.69, 9.17) is 32.5 Å². The van der Waals surface area contributed by atoms with Crippen molar-refractivity contribution in [2.45, 2.75) is 18.4 Å². The van der Waals surface area contributed by atoms with Gasteiger partial charge in [-0.1, -0.05) is 11.6 Å². The van der Waals surface area contributed by atoms with Crippen LogP contribution in [0.1, 0.15) is 28.3 Å². The molecular weight excluding hydrogens is 294 g/mol. The highest BCUT2D eigenvalue weighted by Gasteiger charge is 2.33. The Balaban J connectivity index is 2.62. The molecule has 0 radical (unpaired) electrons. The molecule has 0 saturated carbocycles. The Morgan fingerprint density at radius 2 is 2.19 bits per heavy atom. The van der Waals surface area contributed by atoms with Crippen LogP contribution >= 0.6 is 11.6 Å². The number of nitrogens with two attached hydrogens (primary N) is 2. The van der Waals surface area contributed by atoms with Gasteiger partial charge < -0.3 is 26.3 Å². The second-order valence-electron chi connectivity index (χ2n) is 5.00. The van der Waals surface area contributed by atoms with Gasteiger partial charge in [-0.05, 0) is 19.0 Å². The van der Waals surface area contributed by atoms with Crippen LogP contribution in [0.15, 0.2) is 6.07 Å². The average molecular weight is 314 g/mol. The minimum atomic E-state index is -0.599. The summed E-state index contributed by atoms with van der Waals surface area (Å²) in [4.78, 5) is 11.6. The smallest absolute Gasteiger partial charge is 0.252 e. The first-order valence-corrected chi connectivity index (χ1v) is 7.08. The van der Waals surface area contributed by atoms with Crippen LogP contribution in [0.2, 0.25) is 5.02 Å². The van der Waals surface area contributed by atoms with E-state index in [0.717, 1.165) is 13.0 Å². The lowest BCUT2D eigenvalue weighted by atomic mass is 9.85. The van der Waals surface area contributed by atoms with Crippen LogP contribution in [0.3, 0.4) is 0 Å². The summed E-state index contributed by atoms with van der Waals surface area (Å²) in [6.07, 6.45) is 0.728. The molecule has 0 bridgehead atoms. The quantitative estimate of drug-likeness (QED) is 0.723. The summed E-state index contributed by atoms with van der Waals surface area (Å²) < 4.78 is 10.9. The highest BCUT2D eigenvalue weighted by Crippen LogP contribution is 2.43. The SMILES string of the molecule is COc1c(C(N)=O)cc(Cl)c(N)c1C1CCNCC1OC. The summed E-state index contributed by atoms with van der Waals surface area (Å²) in [6.45, 7) is 1.52. The van der Waals surface area contributed by atoms with Crippen molar-refractivity contribution in [3.8, 4) is 5.75 Å². The van der Waals surface area contributed by atoms with E-state index in [9.17, 15) is 4.79 Å². The number of ether oxygens (including phenoxy) is 2.